The van der Waals surface area contributed by atoms with E-state index >= 15 is 0 Å². The number of carbonyl (C=O) groups excluding carboxylic acids is 2. The molecule has 2 atom stereocenters. The lowest BCUT2D eigenvalue weighted by Crippen LogP contribution is -2.69. The summed E-state index contributed by atoms with van der Waals surface area (Å²) < 4.78 is 1.70. The Morgan fingerprint density at radius 1 is 1.45 bits per heavy atom. The summed E-state index contributed by atoms with van der Waals surface area (Å²) in [5.41, 5.74) is 0.0683. The molecular formula is C14H20N4O2. The molecule has 1 aromatic heterocycles. The predicted octanol–water partition coefficient (Wildman–Crippen LogP) is 0.436. The fourth-order valence-corrected chi connectivity index (χ4v) is 2.90. The molecule has 0 aromatic carbocycles. The van der Waals surface area contributed by atoms with Crippen molar-refractivity contribution in [3.8, 4) is 0 Å². The highest BCUT2D eigenvalue weighted by Gasteiger charge is 2.54. The van der Waals surface area contributed by atoms with E-state index in [1.54, 1.807) is 16.5 Å². The van der Waals surface area contributed by atoms with Gasteiger partial charge >= 0.3 is 0 Å². The van der Waals surface area contributed by atoms with Gasteiger partial charge in [0.05, 0.1) is 12.2 Å². The normalized spacial score (nSPS) is 30.6. The van der Waals surface area contributed by atoms with Crippen LogP contribution in [0.5, 0.6) is 0 Å². The zero-order valence-electron chi connectivity index (χ0n) is 12.1. The molecule has 6 nitrogen and oxygen atoms in total. The third kappa shape index (κ3) is 1.99. The van der Waals surface area contributed by atoms with Crippen molar-refractivity contribution in [3.05, 3.63) is 18.0 Å². The second-order valence-corrected chi connectivity index (χ2v) is 6.06. The molecule has 2 unspecified atom stereocenters. The maximum absolute atomic E-state index is 12.8. The summed E-state index contributed by atoms with van der Waals surface area (Å²) in [6.45, 7) is 4.00. The number of aromatic nitrogens is 2. The van der Waals surface area contributed by atoms with E-state index in [1.807, 2.05) is 26.2 Å². The fraction of sp³-hybridized carbons (Fsp3) is 0.643. The smallest absolute Gasteiger partial charge is 0.249 e. The summed E-state index contributed by atoms with van der Waals surface area (Å²) >= 11 is 0. The van der Waals surface area contributed by atoms with Crippen LogP contribution in [0.4, 0.5) is 0 Å². The highest BCUT2D eigenvalue weighted by molar-refractivity contribution is 5.99. The van der Waals surface area contributed by atoms with Crippen molar-refractivity contribution in [2.24, 2.45) is 13.0 Å². The molecule has 20 heavy (non-hydrogen) atoms. The van der Waals surface area contributed by atoms with Crippen LogP contribution in [0.3, 0.4) is 0 Å². The summed E-state index contributed by atoms with van der Waals surface area (Å²) in [4.78, 5) is 26.6. The van der Waals surface area contributed by atoms with Crippen molar-refractivity contribution in [3.63, 3.8) is 0 Å². The van der Waals surface area contributed by atoms with Crippen LogP contribution in [0.2, 0.25) is 0 Å². The second kappa shape index (κ2) is 4.33. The largest absolute Gasteiger partial charge is 0.340 e. The number of nitrogens with one attached hydrogen (secondary N) is 1. The molecule has 1 saturated carbocycles. The Bertz CT molecular complexity index is 563. The third-order valence-electron chi connectivity index (χ3n) is 4.43. The monoisotopic (exact) mass is 276 g/mol. The van der Waals surface area contributed by atoms with E-state index in [4.69, 9.17) is 0 Å². The number of hydrogen-bond donors (Lipinski definition) is 1. The number of nitrogens with zero attached hydrogens (tertiary/aromatic N) is 3. The molecule has 1 aliphatic carbocycles. The summed E-state index contributed by atoms with van der Waals surface area (Å²) in [5, 5.41) is 7.22. The number of piperazine rings is 1. The number of amides is 2. The van der Waals surface area contributed by atoms with E-state index in [1.165, 1.54) is 0 Å². The average Bonchev–Trinajstić information content (AvgIpc) is 3.17. The molecule has 2 amide bonds. The first-order valence-electron chi connectivity index (χ1n) is 7.03. The van der Waals surface area contributed by atoms with Gasteiger partial charge in [-0.25, -0.2) is 0 Å². The third-order valence-corrected chi connectivity index (χ3v) is 4.43. The van der Waals surface area contributed by atoms with Gasteiger partial charge < -0.3 is 10.2 Å². The van der Waals surface area contributed by atoms with Gasteiger partial charge in [-0.1, -0.05) is 0 Å². The Kier molecular flexibility index (Phi) is 2.84. The van der Waals surface area contributed by atoms with Gasteiger partial charge in [0.1, 0.15) is 11.6 Å². The number of hydrogen-bond acceptors (Lipinski definition) is 3. The van der Waals surface area contributed by atoms with E-state index in [0.717, 1.165) is 18.5 Å². The van der Waals surface area contributed by atoms with E-state index in [-0.39, 0.29) is 17.7 Å². The molecule has 2 heterocycles. The molecule has 6 heteroatoms. The predicted molar refractivity (Wildman–Crippen MR) is 72.5 cm³/mol. The maximum Gasteiger partial charge on any atom is 0.249 e. The van der Waals surface area contributed by atoms with E-state index < -0.39 is 11.6 Å². The van der Waals surface area contributed by atoms with Gasteiger partial charge in [0.15, 0.2) is 0 Å². The Morgan fingerprint density at radius 3 is 2.70 bits per heavy atom. The lowest BCUT2D eigenvalue weighted by molar-refractivity contribution is -0.155. The summed E-state index contributed by atoms with van der Waals surface area (Å²) in [6.07, 6.45) is 3.86. The van der Waals surface area contributed by atoms with Crippen LogP contribution in [0.15, 0.2) is 12.3 Å². The molecule has 3 rings (SSSR count). The van der Waals surface area contributed by atoms with Gasteiger partial charge in [0.2, 0.25) is 11.8 Å². The Morgan fingerprint density at radius 2 is 2.15 bits per heavy atom. The number of carbonyl (C=O) groups is 2. The molecule has 0 radical (unpaired) electrons. The van der Waals surface area contributed by atoms with Crippen LogP contribution in [-0.2, 0) is 23.2 Å². The topological polar surface area (TPSA) is 67.2 Å². The highest BCUT2D eigenvalue weighted by Crippen LogP contribution is 2.42. The Hall–Kier alpha value is -1.85. The molecule has 1 aliphatic heterocycles. The van der Waals surface area contributed by atoms with Gasteiger partial charge in [0, 0.05) is 13.2 Å². The maximum atomic E-state index is 12.8. The number of aryl methyl sites for hydroxylation is 1. The van der Waals surface area contributed by atoms with Crippen molar-refractivity contribution in [2.45, 2.75) is 44.8 Å². The minimum absolute atomic E-state index is 0.0118. The SMILES string of the molecule is CC1C(=O)NC(C)(C2CC2)C(=O)N1Cc1ccn(C)n1. The van der Waals surface area contributed by atoms with Gasteiger partial charge in [-0.05, 0) is 38.7 Å². The van der Waals surface area contributed by atoms with Crippen LogP contribution in [0.25, 0.3) is 0 Å². The molecule has 1 aromatic rings. The Balaban J connectivity index is 1.86. The second-order valence-electron chi connectivity index (χ2n) is 6.06. The Labute approximate surface area is 118 Å². The average molecular weight is 276 g/mol. The van der Waals surface area contributed by atoms with E-state index in [9.17, 15) is 9.59 Å². The molecule has 0 spiro atoms. The quantitative estimate of drug-likeness (QED) is 0.871. The van der Waals surface area contributed by atoms with Crippen LogP contribution >= 0.6 is 0 Å². The van der Waals surface area contributed by atoms with Crippen molar-refractivity contribution in [2.75, 3.05) is 0 Å². The molecule has 108 valence electrons. The first-order valence-corrected chi connectivity index (χ1v) is 7.03. The standard InChI is InChI=1S/C14H20N4O2/c1-9-12(19)15-14(2,10-4-5-10)13(20)18(9)8-11-6-7-17(3)16-11/h6-7,9-10H,4-5,8H2,1-3H3,(H,15,19). The molecule has 2 fully saturated rings. The minimum Gasteiger partial charge on any atom is -0.340 e. The molecule has 2 aliphatic rings. The first kappa shape index (κ1) is 13.1. The lowest BCUT2D eigenvalue weighted by atomic mass is 9.89. The van der Waals surface area contributed by atoms with Crippen LogP contribution in [0, 0.1) is 5.92 Å². The van der Waals surface area contributed by atoms with Crippen molar-refractivity contribution < 1.29 is 9.59 Å². The fourth-order valence-electron chi connectivity index (χ4n) is 2.90. The van der Waals surface area contributed by atoms with Crippen LogP contribution in [-0.4, -0.2) is 38.1 Å². The number of rotatable bonds is 3. The summed E-state index contributed by atoms with van der Waals surface area (Å²) in [6, 6.07) is 1.43. The summed E-state index contributed by atoms with van der Waals surface area (Å²) in [5.74, 6) is 0.213. The van der Waals surface area contributed by atoms with Gasteiger partial charge in [-0.3, -0.25) is 14.3 Å². The van der Waals surface area contributed by atoms with Crippen molar-refractivity contribution in [1.29, 1.82) is 0 Å². The molecule has 1 saturated heterocycles. The van der Waals surface area contributed by atoms with Crippen molar-refractivity contribution >= 4 is 11.8 Å². The minimum atomic E-state index is -0.738. The van der Waals surface area contributed by atoms with E-state index in [0.29, 0.717) is 6.54 Å². The van der Waals surface area contributed by atoms with Crippen LogP contribution < -0.4 is 5.32 Å². The lowest BCUT2D eigenvalue weighted by Gasteiger charge is -2.43. The molecular weight excluding hydrogens is 256 g/mol. The molecule has 1 N–H and O–H groups in total. The highest BCUT2D eigenvalue weighted by atomic mass is 16.2. The van der Waals surface area contributed by atoms with E-state index in [2.05, 4.69) is 10.4 Å². The zero-order chi connectivity index (χ0) is 14.5. The van der Waals surface area contributed by atoms with Gasteiger partial charge in [-0.15, -0.1) is 0 Å². The summed E-state index contributed by atoms with van der Waals surface area (Å²) in [7, 11) is 1.84. The van der Waals surface area contributed by atoms with Gasteiger partial charge in [0.25, 0.3) is 0 Å². The first-order chi connectivity index (χ1) is 9.41. The van der Waals surface area contributed by atoms with Crippen LogP contribution in [0.1, 0.15) is 32.4 Å². The van der Waals surface area contributed by atoms with Crippen molar-refractivity contribution in [1.82, 2.24) is 20.0 Å². The molecule has 0 bridgehead atoms. The zero-order valence-corrected chi connectivity index (χ0v) is 12.1. The van der Waals surface area contributed by atoms with Gasteiger partial charge in [-0.2, -0.15) is 5.10 Å².